The number of hydrogen-bond donors (Lipinski definition) is 0. The van der Waals surface area contributed by atoms with Crippen LogP contribution in [0.15, 0.2) is 30.3 Å². The lowest BCUT2D eigenvalue weighted by Gasteiger charge is -2.52. The molecular weight excluding hydrogens is 474 g/mol. The lowest BCUT2D eigenvalue weighted by Crippen LogP contribution is -2.62. The van der Waals surface area contributed by atoms with E-state index in [4.69, 9.17) is 0 Å². The molecule has 2 unspecified atom stereocenters. The standard InChI is InChI=1S/C36H59N3/c1-3-5-7-9-11-13-15-17-22-27-35(32-37)29-24-30-36(33-38,39(35)31-34-25-20-19-21-26-34)28-23-18-16-14-12-10-8-6-4-2/h19-21,25-26H,3-18,22-24,27-31H2,1-2H3. The van der Waals surface area contributed by atoms with Gasteiger partial charge in [-0.1, -0.05) is 160 Å². The molecule has 0 bridgehead atoms. The number of rotatable bonds is 22. The lowest BCUT2D eigenvalue weighted by molar-refractivity contribution is -0.0235. The summed E-state index contributed by atoms with van der Waals surface area (Å²) >= 11 is 0. The van der Waals surface area contributed by atoms with Gasteiger partial charge in [-0.05, 0) is 37.7 Å². The van der Waals surface area contributed by atoms with E-state index >= 15 is 0 Å². The summed E-state index contributed by atoms with van der Waals surface area (Å²) in [7, 11) is 0. The van der Waals surface area contributed by atoms with Crippen molar-refractivity contribution in [2.45, 2.75) is 179 Å². The summed E-state index contributed by atoms with van der Waals surface area (Å²) in [6.07, 6.45) is 27.8. The highest BCUT2D eigenvalue weighted by molar-refractivity contribution is 5.24. The van der Waals surface area contributed by atoms with Crippen LogP contribution in [0.5, 0.6) is 0 Å². The molecule has 1 heterocycles. The second-order valence-corrected chi connectivity index (χ2v) is 12.4. The first-order valence-corrected chi connectivity index (χ1v) is 16.8. The summed E-state index contributed by atoms with van der Waals surface area (Å²) in [6.45, 7) is 5.25. The number of likely N-dealkylation sites (tertiary alicyclic amines) is 1. The minimum atomic E-state index is -0.524. The van der Waals surface area contributed by atoms with E-state index in [1.54, 1.807) is 0 Å². The molecule has 0 spiro atoms. The van der Waals surface area contributed by atoms with Gasteiger partial charge in [0.05, 0.1) is 12.1 Å². The van der Waals surface area contributed by atoms with Gasteiger partial charge >= 0.3 is 0 Å². The van der Waals surface area contributed by atoms with E-state index in [0.29, 0.717) is 6.54 Å². The van der Waals surface area contributed by atoms with Crippen molar-refractivity contribution in [1.82, 2.24) is 4.90 Å². The summed E-state index contributed by atoms with van der Waals surface area (Å²) in [6, 6.07) is 16.2. The summed E-state index contributed by atoms with van der Waals surface area (Å²) in [4.78, 5) is 2.38. The summed E-state index contributed by atoms with van der Waals surface area (Å²) in [5.74, 6) is 0. The van der Waals surface area contributed by atoms with E-state index in [1.807, 2.05) is 0 Å². The maximum atomic E-state index is 10.7. The van der Waals surface area contributed by atoms with E-state index in [1.165, 1.54) is 108 Å². The average Bonchev–Trinajstić information content (AvgIpc) is 2.97. The fourth-order valence-electron chi connectivity index (χ4n) is 6.74. The number of nitrogens with zero attached hydrogens (tertiary/aromatic N) is 3. The van der Waals surface area contributed by atoms with Crippen LogP contribution in [0.2, 0.25) is 0 Å². The Morgan fingerprint density at radius 3 is 1.36 bits per heavy atom. The predicted molar refractivity (Wildman–Crippen MR) is 166 cm³/mol. The molecule has 0 aliphatic carbocycles. The van der Waals surface area contributed by atoms with Crippen LogP contribution in [0.4, 0.5) is 0 Å². The predicted octanol–water partition coefficient (Wildman–Crippen LogP) is 11.0. The second-order valence-electron chi connectivity index (χ2n) is 12.4. The van der Waals surface area contributed by atoms with Gasteiger partial charge in [0, 0.05) is 6.54 Å². The fraction of sp³-hybridized carbons (Fsp3) is 0.778. The molecule has 1 aromatic rings. The SMILES string of the molecule is CCCCCCCCCCCC1(C#N)CCCC(C#N)(CCCCCCCCCCC)N1Cc1ccccc1. The van der Waals surface area contributed by atoms with Gasteiger partial charge in [0.2, 0.25) is 0 Å². The monoisotopic (exact) mass is 533 g/mol. The largest absolute Gasteiger partial charge is 0.263 e. The van der Waals surface area contributed by atoms with Crippen molar-refractivity contribution < 1.29 is 0 Å². The van der Waals surface area contributed by atoms with E-state index in [0.717, 1.165) is 44.9 Å². The highest BCUT2D eigenvalue weighted by Gasteiger charge is 2.51. The maximum absolute atomic E-state index is 10.7. The van der Waals surface area contributed by atoms with Gasteiger partial charge in [0.1, 0.15) is 11.1 Å². The quantitative estimate of drug-likeness (QED) is 0.139. The zero-order chi connectivity index (χ0) is 28.1. The first-order chi connectivity index (χ1) is 19.2. The van der Waals surface area contributed by atoms with Gasteiger partial charge < -0.3 is 0 Å². The smallest absolute Gasteiger partial charge is 0.110 e. The van der Waals surface area contributed by atoms with E-state index in [9.17, 15) is 10.5 Å². The molecule has 0 saturated carbocycles. The molecule has 1 aliphatic heterocycles. The molecule has 1 aliphatic rings. The van der Waals surface area contributed by atoms with Crippen LogP contribution in [-0.4, -0.2) is 16.0 Å². The normalized spacial score (nSPS) is 21.4. The van der Waals surface area contributed by atoms with Crippen LogP contribution in [0.3, 0.4) is 0 Å². The third-order valence-electron chi connectivity index (χ3n) is 9.20. The number of hydrogen-bond acceptors (Lipinski definition) is 3. The molecule has 218 valence electrons. The minimum absolute atomic E-state index is 0.524. The van der Waals surface area contributed by atoms with Crippen molar-refractivity contribution in [2.24, 2.45) is 0 Å². The fourth-order valence-corrected chi connectivity index (χ4v) is 6.74. The van der Waals surface area contributed by atoms with Gasteiger partial charge in [0.25, 0.3) is 0 Å². The van der Waals surface area contributed by atoms with Gasteiger partial charge in [-0.2, -0.15) is 10.5 Å². The minimum Gasteiger partial charge on any atom is -0.263 e. The van der Waals surface area contributed by atoms with Gasteiger partial charge in [-0.25, -0.2) is 0 Å². The van der Waals surface area contributed by atoms with Crippen molar-refractivity contribution in [2.75, 3.05) is 0 Å². The third-order valence-corrected chi connectivity index (χ3v) is 9.20. The topological polar surface area (TPSA) is 50.8 Å². The second kappa shape index (κ2) is 20.1. The van der Waals surface area contributed by atoms with Crippen LogP contribution in [0, 0.1) is 22.7 Å². The number of unbranched alkanes of at least 4 members (excludes halogenated alkanes) is 16. The van der Waals surface area contributed by atoms with Crippen molar-refractivity contribution in [3.63, 3.8) is 0 Å². The molecule has 1 saturated heterocycles. The third kappa shape index (κ3) is 11.7. The average molecular weight is 534 g/mol. The van der Waals surface area contributed by atoms with Crippen LogP contribution in [-0.2, 0) is 6.54 Å². The molecule has 0 amide bonds. The highest BCUT2D eigenvalue weighted by Crippen LogP contribution is 2.45. The Bertz CT molecular complexity index is 774. The van der Waals surface area contributed by atoms with E-state index in [-0.39, 0.29) is 0 Å². The van der Waals surface area contributed by atoms with E-state index < -0.39 is 11.1 Å². The highest BCUT2D eigenvalue weighted by atomic mass is 15.3. The zero-order valence-electron chi connectivity index (χ0n) is 25.7. The van der Waals surface area contributed by atoms with Gasteiger partial charge in [0.15, 0.2) is 0 Å². The molecule has 0 N–H and O–H groups in total. The van der Waals surface area contributed by atoms with Crippen LogP contribution in [0.25, 0.3) is 0 Å². The molecule has 39 heavy (non-hydrogen) atoms. The Labute approximate surface area is 242 Å². The summed E-state index contributed by atoms with van der Waals surface area (Å²) in [5, 5.41) is 21.3. The molecule has 0 aromatic heterocycles. The van der Waals surface area contributed by atoms with E-state index in [2.05, 4.69) is 61.2 Å². The molecule has 2 rings (SSSR count). The zero-order valence-corrected chi connectivity index (χ0v) is 25.7. The molecular formula is C36H59N3. The first-order valence-electron chi connectivity index (χ1n) is 16.8. The number of benzene rings is 1. The first kappa shape index (κ1) is 33.4. The van der Waals surface area contributed by atoms with Crippen LogP contribution >= 0.6 is 0 Å². The summed E-state index contributed by atoms with van der Waals surface area (Å²) < 4.78 is 0. The summed E-state index contributed by atoms with van der Waals surface area (Å²) in [5.41, 5.74) is 0.173. The van der Waals surface area contributed by atoms with Crippen molar-refractivity contribution >= 4 is 0 Å². The van der Waals surface area contributed by atoms with Gasteiger partial charge in [-0.15, -0.1) is 0 Å². The Hall–Kier alpha value is -1.84. The van der Waals surface area contributed by atoms with Crippen molar-refractivity contribution in [1.29, 1.82) is 10.5 Å². The van der Waals surface area contributed by atoms with Crippen LogP contribution < -0.4 is 0 Å². The Balaban J connectivity index is 1.99. The maximum Gasteiger partial charge on any atom is 0.110 e. The molecule has 1 fully saturated rings. The number of piperidine rings is 1. The molecule has 2 atom stereocenters. The molecule has 0 radical (unpaired) electrons. The Morgan fingerprint density at radius 1 is 0.590 bits per heavy atom. The Morgan fingerprint density at radius 2 is 0.974 bits per heavy atom. The molecule has 3 heteroatoms. The van der Waals surface area contributed by atoms with Crippen molar-refractivity contribution in [3.05, 3.63) is 35.9 Å². The van der Waals surface area contributed by atoms with Gasteiger partial charge in [-0.3, -0.25) is 4.90 Å². The Kier molecular flexibility index (Phi) is 17.2. The molecule has 3 nitrogen and oxygen atoms in total. The van der Waals surface area contributed by atoms with Crippen LogP contribution in [0.1, 0.15) is 167 Å². The molecule has 1 aromatic carbocycles. The number of nitriles is 2. The lowest BCUT2D eigenvalue weighted by atomic mass is 9.72. The van der Waals surface area contributed by atoms with Crippen molar-refractivity contribution in [3.8, 4) is 12.1 Å².